The average molecular weight is 566 g/mol. The van der Waals surface area contributed by atoms with E-state index in [2.05, 4.69) is 26.0 Å². The third kappa shape index (κ3) is 6.60. The van der Waals surface area contributed by atoms with Crippen LogP contribution in [-0.4, -0.2) is 40.8 Å². The van der Waals surface area contributed by atoms with Crippen molar-refractivity contribution in [1.82, 2.24) is 15.6 Å². The second-order valence-corrected chi connectivity index (χ2v) is 9.45. The van der Waals surface area contributed by atoms with Crippen LogP contribution in [0.3, 0.4) is 0 Å². The minimum absolute atomic E-state index is 0.172. The molecule has 5 aromatic rings. The minimum atomic E-state index is -1.01. The summed E-state index contributed by atoms with van der Waals surface area (Å²) >= 11 is 1.13. The molecule has 0 fully saturated rings. The van der Waals surface area contributed by atoms with Gasteiger partial charge in [0.05, 0.1) is 18.4 Å². The van der Waals surface area contributed by atoms with E-state index >= 15 is 0 Å². The van der Waals surface area contributed by atoms with Crippen molar-refractivity contribution in [1.29, 1.82) is 0 Å². The lowest BCUT2D eigenvalue weighted by atomic mass is 10.0. The molecule has 0 aliphatic carbocycles. The van der Waals surface area contributed by atoms with E-state index in [-0.39, 0.29) is 10.9 Å². The summed E-state index contributed by atoms with van der Waals surface area (Å²) in [7, 11) is 0. The first-order chi connectivity index (χ1) is 20.0. The number of fused-ring (bicyclic) bond motifs is 1. The summed E-state index contributed by atoms with van der Waals surface area (Å²) in [5.74, 6) is -1.67. The van der Waals surface area contributed by atoms with Gasteiger partial charge in [-0.2, -0.15) is 5.10 Å². The molecule has 1 aromatic heterocycles. The molecule has 11 heteroatoms. The first-order valence-corrected chi connectivity index (χ1v) is 13.3. The topological polar surface area (TPSA) is 132 Å². The van der Waals surface area contributed by atoms with Gasteiger partial charge in [-0.1, -0.05) is 72.0 Å². The van der Waals surface area contributed by atoms with E-state index in [1.54, 1.807) is 30.3 Å². The molecule has 10 nitrogen and oxygen atoms in total. The van der Waals surface area contributed by atoms with Crippen LogP contribution in [0.25, 0.3) is 21.3 Å². The van der Waals surface area contributed by atoms with Crippen LogP contribution in [0.15, 0.2) is 96.1 Å². The number of rotatable bonds is 8. The van der Waals surface area contributed by atoms with Crippen LogP contribution in [-0.2, 0) is 9.59 Å². The highest BCUT2D eigenvalue weighted by atomic mass is 32.1. The van der Waals surface area contributed by atoms with Crippen LogP contribution in [0, 0.1) is 0 Å². The molecule has 0 saturated heterocycles. The minimum Gasteiger partial charge on any atom is -0.494 e. The summed E-state index contributed by atoms with van der Waals surface area (Å²) in [4.78, 5) is 37.7. The second kappa shape index (κ2) is 12.6. The van der Waals surface area contributed by atoms with Crippen molar-refractivity contribution in [2.75, 3.05) is 11.9 Å². The highest BCUT2D eigenvalue weighted by Crippen LogP contribution is 2.28. The maximum Gasteiger partial charge on any atom is 0.343 e. The van der Waals surface area contributed by atoms with E-state index < -0.39 is 17.8 Å². The summed E-state index contributed by atoms with van der Waals surface area (Å²) in [6, 6.07) is 26.8. The lowest BCUT2D eigenvalue weighted by Crippen LogP contribution is -2.32. The van der Waals surface area contributed by atoms with Crippen molar-refractivity contribution in [3.05, 3.63) is 102 Å². The number of carbonyl (C=O) groups excluding carboxylic acids is 3. The molecule has 0 aliphatic rings. The molecule has 2 amide bonds. The Balaban J connectivity index is 1.29. The summed E-state index contributed by atoms with van der Waals surface area (Å²) in [6.45, 7) is 2.39. The van der Waals surface area contributed by atoms with Gasteiger partial charge in [0.25, 0.3) is 0 Å². The third-order valence-corrected chi connectivity index (χ3v) is 6.65. The number of benzene rings is 4. The maximum atomic E-state index is 12.9. The fourth-order valence-electron chi connectivity index (χ4n) is 3.84. The molecule has 0 atom stereocenters. The van der Waals surface area contributed by atoms with E-state index in [9.17, 15) is 14.4 Å². The zero-order valence-corrected chi connectivity index (χ0v) is 22.6. The van der Waals surface area contributed by atoms with E-state index in [4.69, 9.17) is 9.47 Å². The lowest BCUT2D eigenvalue weighted by Gasteiger charge is -2.11. The lowest BCUT2D eigenvalue weighted by molar-refractivity contribution is -0.136. The standard InChI is InChI=1S/C30H23N5O5S/c1-2-39-22-15-12-21(13-16-22)29(38)40-25-17-14-19-8-6-7-11-23(19)24(25)18-31-33-27(37)26(36)32-30-35-34-28(41-30)20-9-4-3-5-10-20/h3-18H,2H2,1H3,(H,33,37)(H,32,35,36). The highest BCUT2D eigenvalue weighted by molar-refractivity contribution is 7.18. The van der Waals surface area contributed by atoms with Gasteiger partial charge in [-0.15, -0.1) is 10.2 Å². The number of amides is 2. The van der Waals surface area contributed by atoms with Gasteiger partial charge in [0.2, 0.25) is 5.13 Å². The van der Waals surface area contributed by atoms with Gasteiger partial charge in [0.15, 0.2) is 0 Å². The van der Waals surface area contributed by atoms with Gasteiger partial charge in [-0.3, -0.25) is 14.9 Å². The molecule has 0 aliphatic heterocycles. The van der Waals surface area contributed by atoms with Gasteiger partial charge < -0.3 is 9.47 Å². The van der Waals surface area contributed by atoms with Crippen molar-refractivity contribution in [3.63, 3.8) is 0 Å². The number of esters is 1. The normalized spacial score (nSPS) is 10.9. The number of nitrogens with zero attached hydrogens (tertiary/aromatic N) is 3. The summed E-state index contributed by atoms with van der Waals surface area (Å²) < 4.78 is 11.1. The number of carbonyl (C=O) groups is 3. The Hall–Kier alpha value is -5.42. The predicted molar refractivity (Wildman–Crippen MR) is 156 cm³/mol. The molecule has 0 spiro atoms. The first kappa shape index (κ1) is 27.2. The summed E-state index contributed by atoms with van der Waals surface area (Å²) in [6.07, 6.45) is 1.33. The van der Waals surface area contributed by atoms with Gasteiger partial charge in [0.1, 0.15) is 16.5 Å². The molecule has 0 radical (unpaired) electrons. The Morgan fingerprint density at radius 2 is 1.63 bits per heavy atom. The van der Waals surface area contributed by atoms with E-state index in [1.165, 1.54) is 6.21 Å². The van der Waals surface area contributed by atoms with Gasteiger partial charge in [-0.25, -0.2) is 10.2 Å². The van der Waals surface area contributed by atoms with Crippen molar-refractivity contribution in [2.45, 2.75) is 6.92 Å². The van der Waals surface area contributed by atoms with Crippen molar-refractivity contribution in [2.24, 2.45) is 5.10 Å². The SMILES string of the molecule is CCOc1ccc(C(=O)Oc2ccc3ccccc3c2C=NNC(=O)C(=O)Nc2nnc(-c3ccccc3)s2)cc1. The Bertz CT molecular complexity index is 1740. The molecule has 4 aromatic carbocycles. The molecule has 0 bridgehead atoms. The van der Waals surface area contributed by atoms with E-state index in [0.29, 0.717) is 28.5 Å². The quantitative estimate of drug-likeness (QED) is 0.0883. The van der Waals surface area contributed by atoms with E-state index in [0.717, 1.165) is 27.7 Å². The van der Waals surface area contributed by atoms with Crippen LogP contribution in [0.2, 0.25) is 0 Å². The van der Waals surface area contributed by atoms with Crippen LogP contribution in [0.4, 0.5) is 5.13 Å². The second-order valence-electron chi connectivity index (χ2n) is 8.48. The molecular weight excluding hydrogens is 542 g/mol. The smallest absolute Gasteiger partial charge is 0.343 e. The fourth-order valence-corrected chi connectivity index (χ4v) is 4.59. The average Bonchev–Trinajstić information content (AvgIpc) is 3.47. The number of aromatic nitrogens is 2. The summed E-state index contributed by atoms with van der Waals surface area (Å²) in [5.41, 5.74) is 3.83. The van der Waals surface area contributed by atoms with E-state index in [1.807, 2.05) is 67.6 Å². The number of nitrogens with one attached hydrogen (secondary N) is 2. The van der Waals surface area contributed by atoms with Gasteiger partial charge in [-0.05, 0) is 48.0 Å². The third-order valence-electron chi connectivity index (χ3n) is 5.77. The van der Waals surface area contributed by atoms with Crippen LogP contribution < -0.4 is 20.2 Å². The molecule has 1 heterocycles. The number of anilines is 1. The monoisotopic (exact) mass is 565 g/mol. The zero-order valence-electron chi connectivity index (χ0n) is 21.7. The Kier molecular flexibility index (Phi) is 8.36. The maximum absolute atomic E-state index is 12.9. The number of hydrogen-bond donors (Lipinski definition) is 2. The Morgan fingerprint density at radius 3 is 2.41 bits per heavy atom. The molecular formula is C30H23N5O5S. The largest absolute Gasteiger partial charge is 0.494 e. The highest BCUT2D eigenvalue weighted by Gasteiger charge is 2.17. The fraction of sp³-hybridized carbons (Fsp3) is 0.0667. The zero-order chi connectivity index (χ0) is 28.6. The van der Waals surface area contributed by atoms with Crippen molar-refractivity contribution in [3.8, 4) is 22.1 Å². The molecule has 5 rings (SSSR count). The Labute approximate surface area is 238 Å². The van der Waals surface area contributed by atoms with Crippen LogP contribution in [0.1, 0.15) is 22.8 Å². The van der Waals surface area contributed by atoms with Gasteiger partial charge >= 0.3 is 17.8 Å². The van der Waals surface area contributed by atoms with Crippen molar-refractivity contribution < 1.29 is 23.9 Å². The number of hydrazone groups is 1. The molecule has 2 N–H and O–H groups in total. The predicted octanol–water partition coefficient (Wildman–Crippen LogP) is 5.07. The molecule has 0 saturated carbocycles. The van der Waals surface area contributed by atoms with Gasteiger partial charge in [0, 0.05) is 11.1 Å². The van der Waals surface area contributed by atoms with Crippen LogP contribution in [0.5, 0.6) is 11.5 Å². The molecule has 0 unspecified atom stereocenters. The molecule has 204 valence electrons. The Morgan fingerprint density at radius 1 is 0.878 bits per heavy atom. The van der Waals surface area contributed by atoms with Crippen molar-refractivity contribution >= 4 is 51.2 Å². The molecule has 41 heavy (non-hydrogen) atoms. The summed E-state index contributed by atoms with van der Waals surface area (Å²) in [5, 5.41) is 16.7. The number of hydrogen-bond acceptors (Lipinski definition) is 9. The van der Waals surface area contributed by atoms with Crippen LogP contribution >= 0.6 is 11.3 Å². The first-order valence-electron chi connectivity index (χ1n) is 12.5. The number of ether oxygens (including phenoxy) is 2.